The van der Waals surface area contributed by atoms with Gasteiger partial charge in [0.05, 0.1) is 6.33 Å². The van der Waals surface area contributed by atoms with Gasteiger partial charge >= 0.3 is 0 Å². The Morgan fingerprint density at radius 1 is 1.20 bits per heavy atom. The van der Waals surface area contributed by atoms with Gasteiger partial charge in [0.2, 0.25) is 5.89 Å². The molecule has 0 amide bonds. The molecule has 4 aromatic rings. The van der Waals surface area contributed by atoms with Crippen LogP contribution in [0.1, 0.15) is 36.5 Å². The molecule has 1 aliphatic carbocycles. The topological polar surface area (TPSA) is 91.6 Å². The average Bonchev–Trinajstić information content (AvgIpc) is 3.44. The fourth-order valence-electron chi connectivity index (χ4n) is 3.94. The summed E-state index contributed by atoms with van der Waals surface area (Å²) < 4.78 is 21.7. The second kappa shape index (κ2) is 7.01. The maximum atomic E-state index is 13.2. The van der Waals surface area contributed by atoms with E-state index in [1.54, 1.807) is 30.1 Å². The van der Waals surface area contributed by atoms with Gasteiger partial charge in [-0.3, -0.25) is 9.36 Å². The lowest BCUT2D eigenvalue weighted by atomic mass is 9.95. The maximum Gasteiger partial charge on any atom is 0.280 e. The summed E-state index contributed by atoms with van der Waals surface area (Å²) in [5.74, 6) is 0.979. The van der Waals surface area contributed by atoms with Gasteiger partial charge in [0.15, 0.2) is 17.0 Å². The predicted octanol–water partition coefficient (Wildman–Crippen LogP) is 2.91. The highest BCUT2D eigenvalue weighted by Crippen LogP contribution is 2.41. The fraction of sp³-hybridized carbons (Fsp3) is 0.286. The molecule has 0 saturated carbocycles. The number of aromatic nitrogens is 6. The van der Waals surface area contributed by atoms with Gasteiger partial charge in [0.25, 0.3) is 5.56 Å². The van der Waals surface area contributed by atoms with Crippen LogP contribution in [0.3, 0.4) is 0 Å². The van der Waals surface area contributed by atoms with Crippen LogP contribution in [0.2, 0.25) is 0 Å². The lowest BCUT2D eigenvalue weighted by Gasteiger charge is -2.10. The molecular formula is C21H19FN6O2. The fourth-order valence-corrected chi connectivity index (χ4v) is 3.94. The average molecular weight is 406 g/mol. The van der Waals surface area contributed by atoms with Crippen LogP contribution in [0, 0.1) is 11.7 Å². The van der Waals surface area contributed by atoms with Gasteiger partial charge in [-0.1, -0.05) is 30.3 Å². The Labute approximate surface area is 170 Å². The van der Waals surface area contributed by atoms with Gasteiger partial charge in [-0.15, -0.1) is 0 Å². The molecule has 0 radical (unpaired) electrons. The minimum absolute atomic E-state index is 0.0666. The van der Waals surface area contributed by atoms with Crippen molar-refractivity contribution in [2.45, 2.75) is 25.8 Å². The summed E-state index contributed by atoms with van der Waals surface area (Å²) in [5.41, 5.74) is 2.76. The zero-order chi connectivity index (χ0) is 20.8. The van der Waals surface area contributed by atoms with Crippen LogP contribution in [0.4, 0.5) is 4.39 Å². The first kappa shape index (κ1) is 18.4. The molecule has 0 fully saturated rings. The van der Waals surface area contributed by atoms with Crippen LogP contribution in [0.25, 0.3) is 16.7 Å². The minimum atomic E-state index is -0.251. The molecule has 0 spiro atoms. The van der Waals surface area contributed by atoms with Crippen molar-refractivity contribution in [2.75, 3.05) is 0 Å². The van der Waals surface area contributed by atoms with Crippen LogP contribution < -0.4 is 5.56 Å². The summed E-state index contributed by atoms with van der Waals surface area (Å²) in [6, 6.07) is 6.49. The molecule has 8 nitrogen and oxygen atoms in total. The van der Waals surface area contributed by atoms with Crippen molar-refractivity contribution in [3.63, 3.8) is 0 Å². The van der Waals surface area contributed by atoms with E-state index in [1.807, 2.05) is 0 Å². The zero-order valence-electron chi connectivity index (χ0n) is 16.5. The molecule has 0 bridgehead atoms. The number of aryl methyl sites for hydroxylation is 1. The van der Waals surface area contributed by atoms with Crippen molar-refractivity contribution in [1.82, 2.24) is 29.2 Å². The monoisotopic (exact) mass is 406 g/mol. The SMILES string of the molecule is C[C@@H]1C=C(c2ccc(F)cc2)C[C@@H]1c1noc(Cn2cnc3ncn(C)c3c2=O)n1. The van der Waals surface area contributed by atoms with Gasteiger partial charge in [-0.2, -0.15) is 4.98 Å². The minimum Gasteiger partial charge on any atom is -0.337 e. The van der Waals surface area contributed by atoms with E-state index >= 15 is 0 Å². The first-order chi connectivity index (χ1) is 14.5. The van der Waals surface area contributed by atoms with E-state index in [0.29, 0.717) is 22.9 Å². The van der Waals surface area contributed by atoms with E-state index in [9.17, 15) is 9.18 Å². The normalized spacial score (nSPS) is 18.8. The molecule has 3 heterocycles. The van der Waals surface area contributed by atoms with Gasteiger partial charge in [-0.25, -0.2) is 14.4 Å². The van der Waals surface area contributed by atoms with E-state index < -0.39 is 0 Å². The molecule has 30 heavy (non-hydrogen) atoms. The Morgan fingerprint density at radius 2 is 1.97 bits per heavy atom. The molecule has 0 aliphatic heterocycles. The Hall–Kier alpha value is -3.62. The summed E-state index contributed by atoms with van der Waals surface area (Å²) in [6.45, 7) is 2.24. The summed E-state index contributed by atoms with van der Waals surface area (Å²) in [4.78, 5) is 25.5. The third kappa shape index (κ3) is 3.12. The molecule has 1 aromatic carbocycles. The van der Waals surface area contributed by atoms with Crippen molar-refractivity contribution in [1.29, 1.82) is 0 Å². The predicted molar refractivity (Wildman–Crippen MR) is 107 cm³/mol. The number of halogens is 1. The molecule has 1 aliphatic rings. The third-order valence-corrected chi connectivity index (χ3v) is 5.58. The lowest BCUT2D eigenvalue weighted by molar-refractivity contribution is 0.359. The molecule has 3 aromatic heterocycles. The van der Waals surface area contributed by atoms with Crippen molar-refractivity contribution in [2.24, 2.45) is 13.0 Å². The number of hydrogen-bond acceptors (Lipinski definition) is 6. The van der Waals surface area contributed by atoms with Crippen LogP contribution in [-0.2, 0) is 13.6 Å². The highest BCUT2D eigenvalue weighted by Gasteiger charge is 2.30. The lowest BCUT2D eigenvalue weighted by Crippen LogP contribution is -2.22. The summed E-state index contributed by atoms with van der Waals surface area (Å²) in [6.07, 6.45) is 5.91. The second-order valence-corrected chi connectivity index (χ2v) is 7.62. The largest absolute Gasteiger partial charge is 0.337 e. The first-order valence-corrected chi connectivity index (χ1v) is 9.65. The van der Waals surface area contributed by atoms with Crippen LogP contribution in [0.5, 0.6) is 0 Å². The quantitative estimate of drug-likeness (QED) is 0.518. The Kier molecular flexibility index (Phi) is 4.30. The van der Waals surface area contributed by atoms with Crippen molar-refractivity contribution in [3.8, 4) is 0 Å². The van der Waals surface area contributed by atoms with E-state index in [2.05, 4.69) is 33.1 Å². The number of rotatable bonds is 4. The zero-order valence-corrected chi connectivity index (χ0v) is 16.5. The van der Waals surface area contributed by atoms with E-state index in [1.165, 1.54) is 23.0 Å². The molecule has 2 atom stereocenters. The summed E-state index contributed by atoms with van der Waals surface area (Å²) >= 11 is 0. The van der Waals surface area contributed by atoms with Crippen LogP contribution in [0.15, 0.2) is 52.3 Å². The molecule has 9 heteroatoms. The van der Waals surface area contributed by atoms with Crippen LogP contribution in [-0.4, -0.2) is 29.2 Å². The summed E-state index contributed by atoms with van der Waals surface area (Å²) in [7, 11) is 1.75. The van der Waals surface area contributed by atoms with Crippen molar-refractivity contribution in [3.05, 3.63) is 76.4 Å². The van der Waals surface area contributed by atoms with Gasteiger partial charge < -0.3 is 9.09 Å². The summed E-state index contributed by atoms with van der Waals surface area (Å²) in [5, 5.41) is 4.15. The Morgan fingerprint density at radius 3 is 2.77 bits per heavy atom. The van der Waals surface area contributed by atoms with E-state index in [-0.39, 0.29) is 29.8 Å². The Bertz CT molecular complexity index is 1320. The molecule has 0 saturated heterocycles. The number of fused-ring (bicyclic) bond motifs is 1. The van der Waals surface area contributed by atoms with Gasteiger partial charge in [0, 0.05) is 13.0 Å². The standard InChI is InChI=1S/C21H19FN6O2/c1-12-7-14(13-3-5-15(22)6-4-13)8-16(12)19-25-17(30-26-19)9-28-11-24-20-18(21(28)29)27(2)10-23-20/h3-7,10-12,16H,8-9H2,1-2H3/t12-,16+/m1/s1. The first-order valence-electron chi connectivity index (χ1n) is 9.65. The Balaban J connectivity index is 1.36. The third-order valence-electron chi connectivity index (χ3n) is 5.58. The van der Waals surface area contributed by atoms with E-state index in [4.69, 9.17) is 4.52 Å². The number of imidazole rings is 1. The van der Waals surface area contributed by atoms with Crippen LogP contribution >= 0.6 is 0 Å². The molecule has 152 valence electrons. The van der Waals surface area contributed by atoms with Gasteiger partial charge in [0.1, 0.15) is 18.7 Å². The smallest absolute Gasteiger partial charge is 0.280 e. The number of allylic oxidation sites excluding steroid dienone is 2. The molecule has 0 unspecified atom stereocenters. The number of hydrogen-bond donors (Lipinski definition) is 0. The maximum absolute atomic E-state index is 13.2. The number of nitrogens with zero attached hydrogens (tertiary/aromatic N) is 6. The van der Waals surface area contributed by atoms with Crippen molar-refractivity contribution < 1.29 is 8.91 Å². The molecular weight excluding hydrogens is 387 g/mol. The van der Waals surface area contributed by atoms with Crippen molar-refractivity contribution >= 4 is 16.7 Å². The van der Waals surface area contributed by atoms with E-state index in [0.717, 1.165) is 17.6 Å². The highest BCUT2D eigenvalue weighted by molar-refractivity contribution is 5.69. The molecule has 5 rings (SSSR count). The highest BCUT2D eigenvalue weighted by atomic mass is 19.1. The van der Waals surface area contributed by atoms with Gasteiger partial charge in [-0.05, 0) is 35.6 Å². The number of benzene rings is 1. The second-order valence-electron chi connectivity index (χ2n) is 7.62. The molecule has 0 N–H and O–H groups in total.